The van der Waals surface area contributed by atoms with E-state index in [4.69, 9.17) is 4.74 Å². The van der Waals surface area contributed by atoms with Gasteiger partial charge in [-0.15, -0.1) is 0 Å². The van der Waals surface area contributed by atoms with Crippen LogP contribution in [0.4, 0.5) is 0 Å². The molecule has 3 aromatic rings. The smallest absolute Gasteiger partial charge is 0.229 e. The number of hydrogen-bond acceptors (Lipinski definition) is 6. The van der Waals surface area contributed by atoms with Gasteiger partial charge in [-0.05, 0) is 43.3 Å². The van der Waals surface area contributed by atoms with Gasteiger partial charge in [0.15, 0.2) is 6.61 Å². The molecule has 0 aliphatic rings. The summed E-state index contributed by atoms with van der Waals surface area (Å²) in [5.41, 5.74) is 4.74. The van der Waals surface area contributed by atoms with Crippen LogP contribution in [0.3, 0.4) is 0 Å². The van der Waals surface area contributed by atoms with Gasteiger partial charge in [0, 0.05) is 5.56 Å². The largest absolute Gasteiger partial charge is 0.744 e. The quantitative estimate of drug-likeness (QED) is 0.370. The molecule has 8 heteroatoms. The van der Waals surface area contributed by atoms with Crippen molar-refractivity contribution in [1.82, 2.24) is 0 Å². The van der Waals surface area contributed by atoms with Crippen LogP contribution < -0.4 is 9.30 Å². The maximum atomic E-state index is 10.5. The second-order valence-electron chi connectivity index (χ2n) is 5.70. The van der Waals surface area contributed by atoms with Crippen LogP contribution in [0.5, 0.6) is 5.75 Å². The topological polar surface area (TPSA) is 87.4 Å². The van der Waals surface area contributed by atoms with Crippen molar-refractivity contribution in [2.75, 3.05) is 0 Å². The normalized spacial score (nSPS) is 10.6. The number of hydrogen-bond donors (Lipinski definition) is 0. The van der Waals surface area contributed by atoms with Crippen molar-refractivity contribution in [1.29, 1.82) is 0 Å². The van der Waals surface area contributed by atoms with Gasteiger partial charge < -0.3 is 9.29 Å². The highest BCUT2D eigenvalue weighted by atomic mass is 32.2. The fraction of sp³-hybridized carbons (Fsp3) is 0.158. The third-order valence-electron chi connectivity index (χ3n) is 3.59. The molecule has 0 saturated carbocycles. The van der Waals surface area contributed by atoms with Crippen molar-refractivity contribution in [3.05, 3.63) is 76.2 Å². The molecule has 0 atom stereocenters. The van der Waals surface area contributed by atoms with Gasteiger partial charge in [-0.3, -0.25) is 4.79 Å². The first-order valence-corrected chi connectivity index (χ1v) is 10.3. The molecule has 0 radical (unpaired) electrons. The molecule has 0 spiro atoms. The average Bonchev–Trinajstić information content (AvgIpc) is 3.05. The summed E-state index contributed by atoms with van der Waals surface area (Å²) in [5, 5.41) is 2.06. The lowest BCUT2D eigenvalue weighted by Crippen LogP contribution is -2.30. The Labute approximate surface area is 162 Å². The zero-order valence-corrected chi connectivity index (χ0v) is 16.5. The predicted molar refractivity (Wildman–Crippen MR) is 101 cm³/mol. The zero-order valence-electron chi connectivity index (χ0n) is 14.9. The van der Waals surface area contributed by atoms with Crippen molar-refractivity contribution in [2.24, 2.45) is 7.05 Å². The number of benzene rings is 2. The second-order valence-corrected chi connectivity index (χ2v) is 7.80. The molecule has 2 aromatic carbocycles. The minimum Gasteiger partial charge on any atom is -0.744 e. The second kappa shape index (κ2) is 9.40. The molecule has 0 bridgehead atoms. The first-order valence-electron chi connectivity index (χ1n) is 7.91. The molecule has 0 saturated heterocycles. The Morgan fingerprint density at radius 3 is 2.22 bits per heavy atom. The van der Waals surface area contributed by atoms with E-state index in [-0.39, 0.29) is 4.90 Å². The van der Waals surface area contributed by atoms with Gasteiger partial charge in [0.2, 0.25) is 11.2 Å². The van der Waals surface area contributed by atoms with E-state index in [1.165, 1.54) is 12.1 Å². The molecule has 3 rings (SSSR count). The first-order chi connectivity index (χ1) is 12.8. The SMILES string of the molecule is C[n+]1cscc1COc1ccc(C=O)cc1.Cc1ccc(S(=O)(=O)[O-])cc1. The summed E-state index contributed by atoms with van der Waals surface area (Å²) in [6.45, 7) is 2.36. The minimum absolute atomic E-state index is 0.178. The molecule has 142 valence electrons. The highest BCUT2D eigenvalue weighted by molar-refractivity contribution is 7.85. The highest BCUT2D eigenvalue weighted by Gasteiger charge is 2.07. The van der Waals surface area contributed by atoms with E-state index in [1.54, 1.807) is 47.7 Å². The van der Waals surface area contributed by atoms with Crippen LogP contribution in [0.15, 0.2) is 64.3 Å². The summed E-state index contributed by atoms with van der Waals surface area (Å²) in [6, 6.07) is 12.9. The maximum Gasteiger partial charge on any atom is 0.229 e. The molecule has 6 nitrogen and oxygen atoms in total. The number of aromatic nitrogens is 1. The summed E-state index contributed by atoms with van der Waals surface area (Å²) in [5.74, 6) is 0.775. The minimum atomic E-state index is -4.27. The molecular formula is C19H19NO5S2. The number of thiazole rings is 1. The van der Waals surface area contributed by atoms with E-state index >= 15 is 0 Å². The third-order valence-corrected chi connectivity index (χ3v) is 5.28. The van der Waals surface area contributed by atoms with E-state index in [2.05, 4.69) is 5.38 Å². The van der Waals surface area contributed by atoms with Crippen LogP contribution >= 0.6 is 11.3 Å². The Bertz CT molecular complexity index is 978. The molecule has 27 heavy (non-hydrogen) atoms. The van der Waals surface area contributed by atoms with Gasteiger partial charge in [-0.1, -0.05) is 29.0 Å². The number of aryl methyl sites for hydroxylation is 2. The van der Waals surface area contributed by atoms with Gasteiger partial charge in [-0.25, -0.2) is 8.42 Å². The van der Waals surface area contributed by atoms with E-state index in [1.807, 2.05) is 24.0 Å². The molecular weight excluding hydrogens is 386 g/mol. The summed E-state index contributed by atoms with van der Waals surface area (Å²) < 4.78 is 38.8. The lowest BCUT2D eigenvalue weighted by Gasteiger charge is -2.05. The van der Waals surface area contributed by atoms with Crippen molar-refractivity contribution in [3.63, 3.8) is 0 Å². The summed E-state index contributed by atoms with van der Waals surface area (Å²) in [7, 11) is -2.28. The van der Waals surface area contributed by atoms with E-state index in [0.29, 0.717) is 12.2 Å². The third kappa shape index (κ3) is 6.59. The van der Waals surface area contributed by atoms with Crippen LogP contribution in [-0.4, -0.2) is 19.3 Å². The van der Waals surface area contributed by atoms with E-state index < -0.39 is 10.1 Å². The first kappa shape index (κ1) is 20.8. The zero-order chi connectivity index (χ0) is 19.9. The molecule has 0 N–H and O–H groups in total. The lowest BCUT2D eigenvalue weighted by atomic mass is 10.2. The van der Waals surface area contributed by atoms with Gasteiger partial charge in [0.05, 0.1) is 10.3 Å². The van der Waals surface area contributed by atoms with Crippen LogP contribution in [0.25, 0.3) is 0 Å². The van der Waals surface area contributed by atoms with Gasteiger partial charge >= 0.3 is 0 Å². The molecule has 1 aromatic heterocycles. The number of carbonyl (C=O) groups excluding carboxylic acids is 1. The fourth-order valence-electron chi connectivity index (χ4n) is 1.99. The number of nitrogens with zero attached hydrogens (tertiary/aromatic N) is 1. The molecule has 0 amide bonds. The predicted octanol–water partition coefficient (Wildman–Crippen LogP) is 2.86. The number of rotatable bonds is 5. The summed E-state index contributed by atoms with van der Waals surface area (Å²) in [6.07, 6.45) is 0.822. The molecule has 0 fully saturated rings. The van der Waals surface area contributed by atoms with Crippen molar-refractivity contribution < 1.29 is 27.1 Å². The Morgan fingerprint density at radius 1 is 1.11 bits per heavy atom. The van der Waals surface area contributed by atoms with Crippen LogP contribution in [0.2, 0.25) is 0 Å². The molecule has 1 heterocycles. The van der Waals surface area contributed by atoms with E-state index in [0.717, 1.165) is 23.3 Å². The van der Waals surface area contributed by atoms with Crippen LogP contribution in [0, 0.1) is 6.92 Å². The summed E-state index contributed by atoms with van der Waals surface area (Å²) >= 11 is 1.64. The summed E-state index contributed by atoms with van der Waals surface area (Å²) in [4.78, 5) is 10.3. The molecule has 0 aliphatic carbocycles. The van der Waals surface area contributed by atoms with Crippen LogP contribution in [0.1, 0.15) is 21.6 Å². The lowest BCUT2D eigenvalue weighted by molar-refractivity contribution is -0.675. The fourth-order valence-corrected chi connectivity index (χ4v) is 3.23. The van der Waals surface area contributed by atoms with Gasteiger partial charge in [0.1, 0.15) is 29.2 Å². The highest BCUT2D eigenvalue weighted by Crippen LogP contribution is 2.13. The Kier molecular flexibility index (Phi) is 7.23. The van der Waals surface area contributed by atoms with E-state index in [9.17, 15) is 17.8 Å². The van der Waals surface area contributed by atoms with Crippen molar-refractivity contribution in [2.45, 2.75) is 18.4 Å². The Morgan fingerprint density at radius 2 is 1.74 bits per heavy atom. The van der Waals surface area contributed by atoms with Crippen molar-refractivity contribution in [3.8, 4) is 5.75 Å². The Balaban J connectivity index is 0.000000208. The van der Waals surface area contributed by atoms with Gasteiger partial charge in [0.25, 0.3) is 0 Å². The standard InChI is InChI=1S/C12H12NO2S.C7H8O3S/c1-13-9-16-8-11(13)7-15-12-4-2-10(6-14)3-5-12;1-6-2-4-7(5-3-6)11(8,9)10/h2-6,8-9H,7H2,1H3;2-5H,1H3,(H,8,9,10)/q+1;/p-1. The maximum absolute atomic E-state index is 10.5. The number of carbonyl (C=O) groups is 1. The number of ether oxygens (including phenoxy) is 1. The Hall–Kier alpha value is -2.55. The monoisotopic (exact) mass is 405 g/mol. The van der Waals surface area contributed by atoms with Gasteiger partial charge in [-0.2, -0.15) is 4.57 Å². The molecule has 0 aliphatic heterocycles. The number of aldehydes is 1. The van der Waals surface area contributed by atoms with Crippen LogP contribution in [-0.2, 0) is 23.8 Å². The van der Waals surface area contributed by atoms with Crippen molar-refractivity contribution >= 4 is 27.7 Å². The average molecular weight is 405 g/mol. The molecule has 0 unspecified atom stereocenters.